The lowest BCUT2D eigenvalue weighted by Crippen LogP contribution is -2.24. The molecule has 0 bridgehead atoms. The SMILES string of the molecule is C[C@H](NCCC(N)=O)c1ccccc1Cl. The van der Waals surface area contributed by atoms with Crippen LogP contribution in [0.1, 0.15) is 24.9 Å². The summed E-state index contributed by atoms with van der Waals surface area (Å²) in [4.78, 5) is 10.5. The summed E-state index contributed by atoms with van der Waals surface area (Å²) in [5.41, 5.74) is 6.07. The van der Waals surface area contributed by atoms with Crippen LogP contribution >= 0.6 is 11.6 Å². The Balaban J connectivity index is 2.50. The van der Waals surface area contributed by atoms with Crippen LogP contribution in [0.3, 0.4) is 0 Å². The van der Waals surface area contributed by atoms with E-state index in [-0.39, 0.29) is 11.9 Å². The number of halogens is 1. The molecule has 0 fully saturated rings. The first kappa shape index (κ1) is 12.0. The van der Waals surface area contributed by atoms with Crippen molar-refractivity contribution in [3.63, 3.8) is 0 Å². The van der Waals surface area contributed by atoms with E-state index < -0.39 is 0 Å². The zero-order chi connectivity index (χ0) is 11.3. The van der Waals surface area contributed by atoms with Gasteiger partial charge in [-0.05, 0) is 18.6 Å². The number of carbonyl (C=O) groups excluding carboxylic acids is 1. The smallest absolute Gasteiger partial charge is 0.218 e. The minimum atomic E-state index is -0.297. The molecule has 4 heteroatoms. The van der Waals surface area contributed by atoms with Crippen molar-refractivity contribution in [1.82, 2.24) is 5.32 Å². The van der Waals surface area contributed by atoms with Gasteiger partial charge < -0.3 is 11.1 Å². The van der Waals surface area contributed by atoms with Crippen LogP contribution in [0.15, 0.2) is 24.3 Å². The highest BCUT2D eigenvalue weighted by Crippen LogP contribution is 2.21. The van der Waals surface area contributed by atoms with Gasteiger partial charge in [0.25, 0.3) is 0 Å². The predicted molar refractivity (Wildman–Crippen MR) is 61.7 cm³/mol. The summed E-state index contributed by atoms with van der Waals surface area (Å²) in [5, 5.41) is 3.92. The normalized spacial score (nSPS) is 12.4. The molecule has 0 aliphatic heterocycles. The van der Waals surface area contributed by atoms with Gasteiger partial charge in [-0.15, -0.1) is 0 Å². The number of hydrogen-bond donors (Lipinski definition) is 2. The van der Waals surface area contributed by atoms with E-state index in [4.69, 9.17) is 17.3 Å². The van der Waals surface area contributed by atoms with E-state index >= 15 is 0 Å². The molecule has 3 nitrogen and oxygen atoms in total. The molecule has 0 heterocycles. The number of primary amides is 1. The van der Waals surface area contributed by atoms with Gasteiger partial charge in [-0.25, -0.2) is 0 Å². The highest BCUT2D eigenvalue weighted by atomic mass is 35.5. The topological polar surface area (TPSA) is 55.1 Å². The van der Waals surface area contributed by atoms with E-state index in [1.54, 1.807) is 0 Å². The highest BCUT2D eigenvalue weighted by molar-refractivity contribution is 6.31. The van der Waals surface area contributed by atoms with E-state index in [0.717, 1.165) is 10.6 Å². The van der Waals surface area contributed by atoms with Crippen LogP contribution in [0.5, 0.6) is 0 Å². The summed E-state index contributed by atoms with van der Waals surface area (Å²) in [6, 6.07) is 7.76. The van der Waals surface area contributed by atoms with Crippen LogP contribution in [-0.2, 0) is 4.79 Å². The lowest BCUT2D eigenvalue weighted by molar-refractivity contribution is -0.117. The summed E-state index contributed by atoms with van der Waals surface area (Å²) in [6.07, 6.45) is 0.342. The molecule has 1 amide bonds. The van der Waals surface area contributed by atoms with E-state index in [0.29, 0.717) is 13.0 Å². The second-order valence-electron chi connectivity index (χ2n) is 3.41. The number of amides is 1. The second kappa shape index (κ2) is 5.73. The first-order chi connectivity index (χ1) is 7.11. The third kappa shape index (κ3) is 3.90. The fourth-order valence-corrected chi connectivity index (χ4v) is 1.65. The third-order valence-electron chi connectivity index (χ3n) is 2.19. The van der Waals surface area contributed by atoms with Crippen molar-refractivity contribution >= 4 is 17.5 Å². The lowest BCUT2D eigenvalue weighted by Gasteiger charge is -2.14. The first-order valence-corrected chi connectivity index (χ1v) is 5.25. The molecule has 0 aliphatic rings. The quantitative estimate of drug-likeness (QED) is 0.806. The Labute approximate surface area is 94.6 Å². The van der Waals surface area contributed by atoms with Gasteiger partial charge in [0.05, 0.1) is 0 Å². The number of benzene rings is 1. The average molecular weight is 227 g/mol. The highest BCUT2D eigenvalue weighted by Gasteiger charge is 2.07. The fraction of sp³-hybridized carbons (Fsp3) is 0.364. The molecule has 0 spiro atoms. The molecule has 15 heavy (non-hydrogen) atoms. The molecule has 0 aromatic heterocycles. The van der Waals surface area contributed by atoms with Gasteiger partial charge >= 0.3 is 0 Å². The van der Waals surface area contributed by atoms with E-state index in [1.807, 2.05) is 31.2 Å². The van der Waals surface area contributed by atoms with Gasteiger partial charge in [0, 0.05) is 24.0 Å². The van der Waals surface area contributed by atoms with Gasteiger partial charge in [0.2, 0.25) is 5.91 Å². The summed E-state index contributed by atoms with van der Waals surface area (Å²) in [7, 11) is 0. The fourth-order valence-electron chi connectivity index (χ4n) is 1.35. The maximum atomic E-state index is 10.5. The summed E-state index contributed by atoms with van der Waals surface area (Å²) in [6.45, 7) is 2.57. The zero-order valence-electron chi connectivity index (χ0n) is 8.66. The third-order valence-corrected chi connectivity index (χ3v) is 2.54. The molecule has 0 saturated carbocycles. The predicted octanol–water partition coefficient (Wildman–Crippen LogP) is 1.87. The molecule has 3 N–H and O–H groups in total. The van der Waals surface area contributed by atoms with Gasteiger partial charge in [-0.3, -0.25) is 4.79 Å². The molecule has 1 aromatic rings. The van der Waals surface area contributed by atoms with Crippen molar-refractivity contribution in [3.05, 3.63) is 34.9 Å². The van der Waals surface area contributed by atoms with Crippen LogP contribution in [0.2, 0.25) is 5.02 Å². The Bertz CT molecular complexity index is 341. The van der Waals surface area contributed by atoms with Crippen LogP contribution in [0, 0.1) is 0 Å². The number of rotatable bonds is 5. The molecule has 1 aromatic carbocycles. The van der Waals surface area contributed by atoms with Crippen LogP contribution in [0.4, 0.5) is 0 Å². The van der Waals surface area contributed by atoms with Crippen LogP contribution in [0.25, 0.3) is 0 Å². The van der Waals surface area contributed by atoms with Gasteiger partial charge in [-0.1, -0.05) is 29.8 Å². The monoisotopic (exact) mass is 226 g/mol. The standard InChI is InChI=1S/C11H15ClN2O/c1-8(14-7-6-11(13)15)9-4-2-3-5-10(9)12/h2-5,8,14H,6-7H2,1H3,(H2,13,15)/t8-/m0/s1. The summed E-state index contributed by atoms with van der Waals surface area (Å²) < 4.78 is 0. The number of nitrogens with two attached hydrogens (primary N) is 1. The molecule has 0 unspecified atom stereocenters. The van der Waals surface area contributed by atoms with E-state index in [9.17, 15) is 4.79 Å². The molecule has 82 valence electrons. The van der Waals surface area contributed by atoms with Crippen molar-refractivity contribution in [1.29, 1.82) is 0 Å². The molecule has 0 saturated heterocycles. The average Bonchev–Trinajstić information content (AvgIpc) is 2.17. The molecule has 0 aliphatic carbocycles. The summed E-state index contributed by atoms with van der Waals surface area (Å²) in [5.74, 6) is -0.297. The largest absolute Gasteiger partial charge is 0.370 e. The Morgan fingerprint density at radius 2 is 2.20 bits per heavy atom. The van der Waals surface area contributed by atoms with Crippen molar-refractivity contribution in [3.8, 4) is 0 Å². The maximum absolute atomic E-state index is 10.5. The van der Waals surface area contributed by atoms with Crippen LogP contribution < -0.4 is 11.1 Å². The maximum Gasteiger partial charge on any atom is 0.218 e. The molecule has 1 atom stereocenters. The minimum Gasteiger partial charge on any atom is -0.370 e. The molecular weight excluding hydrogens is 212 g/mol. The number of hydrogen-bond acceptors (Lipinski definition) is 2. The molecule has 0 radical (unpaired) electrons. The molecule has 1 rings (SSSR count). The second-order valence-corrected chi connectivity index (χ2v) is 3.82. The first-order valence-electron chi connectivity index (χ1n) is 4.87. The summed E-state index contributed by atoms with van der Waals surface area (Å²) >= 11 is 6.03. The van der Waals surface area contributed by atoms with Gasteiger partial charge in [-0.2, -0.15) is 0 Å². The zero-order valence-corrected chi connectivity index (χ0v) is 9.42. The van der Waals surface area contributed by atoms with Gasteiger partial charge in [0.1, 0.15) is 0 Å². The Morgan fingerprint density at radius 1 is 1.53 bits per heavy atom. The van der Waals surface area contributed by atoms with E-state index in [2.05, 4.69) is 5.32 Å². The molecular formula is C11H15ClN2O. The van der Waals surface area contributed by atoms with Crippen molar-refractivity contribution in [2.75, 3.05) is 6.54 Å². The van der Waals surface area contributed by atoms with Crippen molar-refractivity contribution in [2.24, 2.45) is 5.73 Å². The minimum absolute atomic E-state index is 0.123. The van der Waals surface area contributed by atoms with Gasteiger partial charge in [0.15, 0.2) is 0 Å². The Hall–Kier alpha value is -1.06. The lowest BCUT2D eigenvalue weighted by atomic mass is 10.1. The Kier molecular flexibility index (Phi) is 4.59. The van der Waals surface area contributed by atoms with Crippen LogP contribution in [-0.4, -0.2) is 12.5 Å². The van der Waals surface area contributed by atoms with Crippen molar-refractivity contribution < 1.29 is 4.79 Å². The van der Waals surface area contributed by atoms with E-state index in [1.165, 1.54) is 0 Å². The van der Waals surface area contributed by atoms with Crippen molar-refractivity contribution in [2.45, 2.75) is 19.4 Å². The Morgan fingerprint density at radius 3 is 2.80 bits per heavy atom. The number of carbonyl (C=O) groups is 1. The number of nitrogens with one attached hydrogen (secondary N) is 1.